The Hall–Kier alpha value is -1.82. The van der Waals surface area contributed by atoms with Crippen LogP contribution >= 0.6 is 0 Å². The Morgan fingerprint density at radius 2 is 1.85 bits per heavy atom. The van der Waals surface area contributed by atoms with Gasteiger partial charge in [0.1, 0.15) is 5.82 Å². The van der Waals surface area contributed by atoms with Gasteiger partial charge in [-0.15, -0.1) is 0 Å². The zero-order chi connectivity index (χ0) is 19.0. The van der Waals surface area contributed by atoms with Gasteiger partial charge >= 0.3 is 0 Å². The highest BCUT2D eigenvalue weighted by molar-refractivity contribution is 5.79. The fourth-order valence-electron chi connectivity index (χ4n) is 3.33. The summed E-state index contributed by atoms with van der Waals surface area (Å²) >= 11 is 0. The van der Waals surface area contributed by atoms with Gasteiger partial charge in [0.05, 0.1) is 0 Å². The predicted molar refractivity (Wildman–Crippen MR) is 115 cm³/mol. The van der Waals surface area contributed by atoms with Crippen molar-refractivity contribution in [3.05, 3.63) is 24.4 Å². The third-order valence-electron chi connectivity index (χ3n) is 4.81. The van der Waals surface area contributed by atoms with Gasteiger partial charge in [-0.1, -0.05) is 18.9 Å². The van der Waals surface area contributed by atoms with Crippen LogP contribution in [0.3, 0.4) is 0 Å². The number of hydrogen-bond acceptors (Lipinski definition) is 4. The number of likely N-dealkylation sites (tertiary alicyclic amines) is 1. The highest BCUT2D eigenvalue weighted by Crippen LogP contribution is 2.09. The van der Waals surface area contributed by atoms with E-state index in [1.165, 1.54) is 45.3 Å². The Kier molecular flexibility index (Phi) is 11.3. The van der Waals surface area contributed by atoms with Crippen LogP contribution in [0.1, 0.15) is 51.9 Å². The lowest BCUT2D eigenvalue weighted by molar-refractivity contribution is 0.283. The summed E-state index contributed by atoms with van der Waals surface area (Å²) in [6, 6.07) is 5.94. The number of nitrogens with zero attached hydrogens (tertiary/aromatic N) is 3. The van der Waals surface area contributed by atoms with Gasteiger partial charge in [0.2, 0.25) is 0 Å². The lowest BCUT2D eigenvalue weighted by atomic mass is 10.2. The van der Waals surface area contributed by atoms with Crippen LogP contribution in [-0.4, -0.2) is 61.7 Å². The zero-order valence-electron chi connectivity index (χ0n) is 17.1. The summed E-state index contributed by atoms with van der Waals surface area (Å²) in [7, 11) is 0. The summed E-state index contributed by atoms with van der Waals surface area (Å²) in [5.41, 5.74) is 0. The van der Waals surface area contributed by atoms with Crippen molar-refractivity contribution in [2.75, 3.05) is 51.1 Å². The van der Waals surface area contributed by atoms with Crippen molar-refractivity contribution >= 4 is 11.8 Å². The molecule has 0 spiro atoms. The Labute approximate surface area is 165 Å². The van der Waals surface area contributed by atoms with Crippen molar-refractivity contribution < 1.29 is 0 Å². The van der Waals surface area contributed by atoms with Crippen LogP contribution in [0.25, 0.3) is 0 Å². The first-order chi connectivity index (χ1) is 13.4. The average molecular weight is 375 g/mol. The van der Waals surface area contributed by atoms with Gasteiger partial charge in [-0.3, -0.25) is 4.99 Å². The molecule has 1 aromatic heterocycles. The van der Waals surface area contributed by atoms with Gasteiger partial charge in [-0.25, -0.2) is 4.98 Å². The van der Waals surface area contributed by atoms with E-state index in [1.807, 2.05) is 24.4 Å². The molecule has 6 heteroatoms. The van der Waals surface area contributed by atoms with E-state index >= 15 is 0 Å². The molecule has 3 N–H and O–H groups in total. The molecule has 1 saturated heterocycles. The van der Waals surface area contributed by atoms with Crippen LogP contribution < -0.4 is 16.0 Å². The topological polar surface area (TPSA) is 64.6 Å². The Balaban J connectivity index is 1.54. The quantitative estimate of drug-likeness (QED) is 0.316. The third kappa shape index (κ3) is 10.2. The summed E-state index contributed by atoms with van der Waals surface area (Å²) in [5.74, 6) is 1.90. The monoisotopic (exact) mass is 374 g/mol. The molecule has 6 nitrogen and oxygen atoms in total. The number of unbranched alkanes of at least 4 members (excludes halogenated alkanes) is 1. The second-order valence-corrected chi connectivity index (χ2v) is 7.15. The van der Waals surface area contributed by atoms with Gasteiger partial charge in [0, 0.05) is 32.4 Å². The van der Waals surface area contributed by atoms with Crippen LogP contribution in [0.4, 0.5) is 5.82 Å². The van der Waals surface area contributed by atoms with Crippen molar-refractivity contribution in [1.82, 2.24) is 20.5 Å². The maximum Gasteiger partial charge on any atom is 0.191 e. The number of aromatic nitrogens is 1. The maximum atomic E-state index is 4.73. The number of pyridine rings is 1. The number of hydrogen-bond donors (Lipinski definition) is 3. The smallest absolute Gasteiger partial charge is 0.191 e. The molecule has 0 atom stereocenters. The molecule has 0 bridgehead atoms. The van der Waals surface area contributed by atoms with E-state index in [0.717, 1.165) is 57.2 Å². The largest absolute Gasteiger partial charge is 0.370 e. The SMILES string of the molecule is CCNC(=NCCCN1CCCCCC1)NCCCCNc1ccccn1. The molecule has 1 aliphatic rings. The van der Waals surface area contributed by atoms with Crippen LogP contribution in [0.2, 0.25) is 0 Å². The van der Waals surface area contributed by atoms with Crippen molar-refractivity contribution in [1.29, 1.82) is 0 Å². The molecule has 0 amide bonds. The first-order valence-electron chi connectivity index (χ1n) is 10.8. The van der Waals surface area contributed by atoms with Gasteiger partial charge < -0.3 is 20.9 Å². The van der Waals surface area contributed by atoms with Crippen molar-refractivity contribution in [3.8, 4) is 0 Å². The van der Waals surface area contributed by atoms with E-state index < -0.39 is 0 Å². The van der Waals surface area contributed by atoms with E-state index in [-0.39, 0.29) is 0 Å². The Bertz CT molecular complexity index is 497. The van der Waals surface area contributed by atoms with E-state index in [0.29, 0.717) is 0 Å². The normalized spacial score (nSPS) is 16.0. The minimum Gasteiger partial charge on any atom is -0.370 e. The minimum atomic E-state index is 0.896. The standard InChI is InChI=1S/C21H38N6/c1-2-22-21(26-16-11-19-27-17-9-3-4-10-18-27)25-15-8-7-14-24-20-12-5-6-13-23-20/h5-6,12-13H,2-4,7-11,14-19H2,1H3,(H,23,24)(H2,22,25,26). The van der Waals surface area contributed by atoms with E-state index in [1.54, 1.807) is 0 Å². The molecule has 0 saturated carbocycles. The molecule has 1 aromatic rings. The fourth-order valence-corrected chi connectivity index (χ4v) is 3.33. The molecule has 2 heterocycles. The second-order valence-electron chi connectivity index (χ2n) is 7.15. The van der Waals surface area contributed by atoms with Gasteiger partial charge in [-0.2, -0.15) is 0 Å². The Morgan fingerprint density at radius 1 is 1.04 bits per heavy atom. The highest BCUT2D eigenvalue weighted by atomic mass is 15.2. The summed E-state index contributed by atoms with van der Waals surface area (Å²) < 4.78 is 0. The number of anilines is 1. The molecule has 0 aromatic carbocycles. The Morgan fingerprint density at radius 3 is 2.59 bits per heavy atom. The van der Waals surface area contributed by atoms with Crippen LogP contribution in [-0.2, 0) is 0 Å². The van der Waals surface area contributed by atoms with Crippen molar-refractivity contribution in [3.63, 3.8) is 0 Å². The van der Waals surface area contributed by atoms with Crippen LogP contribution in [0, 0.1) is 0 Å². The van der Waals surface area contributed by atoms with Crippen molar-refractivity contribution in [2.45, 2.75) is 51.9 Å². The maximum absolute atomic E-state index is 4.73. The molecule has 27 heavy (non-hydrogen) atoms. The summed E-state index contributed by atoms with van der Waals surface area (Å²) in [5, 5.41) is 10.1. The lowest BCUT2D eigenvalue weighted by Crippen LogP contribution is -2.38. The molecule has 152 valence electrons. The van der Waals surface area contributed by atoms with Crippen LogP contribution in [0.5, 0.6) is 0 Å². The number of nitrogens with one attached hydrogen (secondary N) is 3. The summed E-state index contributed by atoms with van der Waals surface area (Å²) in [6.45, 7) is 9.53. The zero-order valence-corrected chi connectivity index (χ0v) is 17.1. The molecular formula is C21H38N6. The molecule has 0 unspecified atom stereocenters. The number of aliphatic imine (C=N–C) groups is 1. The second kappa shape index (κ2) is 14.3. The number of guanidine groups is 1. The first-order valence-corrected chi connectivity index (χ1v) is 10.8. The van der Waals surface area contributed by atoms with E-state index in [9.17, 15) is 0 Å². The molecule has 1 fully saturated rings. The molecule has 2 rings (SSSR count). The summed E-state index contributed by atoms with van der Waals surface area (Å²) in [4.78, 5) is 11.6. The fraction of sp³-hybridized carbons (Fsp3) is 0.714. The minimum absolute atomic E-state index is 0.896. The van der Waals surface area contributed by atoms with Gasteiger partial charge in [-0.05, 0) is 70.8 Å². The molecular weight excluding hydrogens is 336 g/mol. The number of rotatable bonds is 11. The lowest BCUT2D eigenvalue weighted by Gasteiger charge is -2.19. The molecule has 1 aliphatic heterocycles. The van der Waals surface area contributed by atoms with Gasteiger partial charge in [0.25, 0.3) is 0 Å². The predicted octanol–water partition coefficient (Wildman–Crippen LogP) is 3.09. The summed E-state index contributed by atoms with van der Waals surface area (Å²) in [6.07, 6.45) is 10.7. The van der Waals surface area contributed by atoms with E-state index in [4.69, 9.17) is 4.99 Å². The molecule has 0 radical (unpaired) electrons. The van der Waals surface area contributed by atoms with Gasteiger partial charge in [0.15, 0.2) is 5.96 Å². The highest BCUT2D eigenvalue weighted by Gasteiger charge is 2.07. The first kappa shape index (κ1) is 21.5. The van der Waals surface area contributed by atoms with Crippen molar-refractivity contribution in [2.24, 2.45) is 4.99 Å². The third-order valence-corrected chi connectivity index (χ3v) is 4.81. The van der Waals surface area contributed by atoms with Crippen LogP contribution in [0.15, 0.2) is 29.4 Å². The average Bonchev–Trinajstić information content (AvgIpc) is 2.97. The van der Waals surface area contributed by atoms with E-state index in [2.05, 4.69) is 32.8 Å². The molecule has 0 aliphatic carbocycles.